The van der Waals surface area contributed by atoms with E-state index in [1.807, 2.05) is 30.3 Å². The molecule has 0 fully saturated rings. The zero-order valence-electron chi connectivity index (χ0n) is 5.40. The zero-order chi connectivity index (χ0) is 7.23. The van der Waals surface area contributed by atoms with Crippen molar-refractivity contribution in [3.8, 4) is 0 Å². The smallest absolute Gasteiger partial charge is 0.147 e. The summed E-state index contributed by atoms with van der Waals surface area (Å²) >= 11 is 0. The Bertz CT molecular complexity index is 228. The van der Waals surface area contributed by atoms with Crippen LogP contribution >= 0.6 is 8.20 Å². The normalized spacial score (nSPS) is 10.0. The molecule has 0 heterocycles. The van der Waals surface area contributed by atoms with Crippen molar-refractivity contribution in [1.82, 2.24) is 0 Å². The Labute approximate surface area is 61.5 Å². The average molecular weight is 150 g/mol. The summed E-state index contributed by atoms with van der Waals surface area (Å²) in [7, 11) is 0.969. The van der Waals surface area contributed by atoms with E-state index in [9.17, 15) is 4.79 Å². The van der Waals surface area contributed by atoms with Gasteiger partial charge in [0.2, 0.25) is 0 Å². The molecule has 10 heavy (non-hydrogen) atoms. The van der Waals surface area contributed by atoms with Gasteiger partial charge in [-0.3, -0.25) is 4.79 Å². The predicted molar refractivity (Wildman–Crippen MR) is 45.1 cm³/mol. The van der Waals surface area contributed by atoms with Crippen LogP contribution in [-0.2, 0) is 4.79 Å². The fourth-order valence-electron chi connectivity index (χ4n) is 0.631. The molecule has 0 atom stereocenters. The van der Waals surface area contributed by atoms with Crippen LogP contribution in [-0.4, -0.2) is 12.1 Å². The van der Waals surface area contributed by atoms with Crippen LogP contribution in [0, 0.1) is 0 Å². The molecule has 0 aliphatic carbocycles. The topological polar surface area (TPSA) is 17.1 Å². The van der Waals surface area contributed by atoms with E-state index in [0.29, 0.717) is 0 Å². The minimum atomic E-state index is 0.814. The molecule has 0 saturated carbocycles. The van der Waals surface area contributed by atoms with E-state index < -0.39 is 0 Å². The molecule has 0 bridgehead atoms. The molecule has 1 rings (SSSR count). The highest BCUT2D eigenvalue weighted by Crippen LogP contribution is 1.94. The number of benzene rings is 1. The van der Waals surface area contributed by atoms with Crippen LogP contribution in [0.5, 0.6) is 0 Å². The van der Waals surface area contributed by atoms with E-state index in [1.54, 1.807) is 5.80 Å². The number of aldehydes is 1. The molecule has 50 valence electrons. The van der Waals surface area contributed by atoms with Crippen molar-refractivity contribution >= 4 is 25.6 Å². The number of carbonyl (C=O) groups is 1. The molecule has 0 N–H and O–H groups in total. The van der Waals surface area contributed by atoms with Gasteiger partial charge in [-0.1, -0.05) is 38.5 Å². The fourth-order valence-corrected chi connectivity index (χ4v) is 1.21. The first-order valence-electron chi connectivity index (χ1n) is 2.96. The summed E-state index contributed by atoms with van der Waals surface area (Å²) < 4.78 is 0. The quantitative estimate of drug-likeness (QED) is 0.458. The second kappa shape index (κ2) is 3.97. The summed E-state index contributed by atoms with van der Waals surface area (Å²) in [5, 5.41) is 1.15. The molecule has 1 nitrogen and oxygen atoms in total. The van der Waals surface area contributed by atoms with Gasteiger partial charge in [0.05, 0.1) is 0 Å². The summed E-state index contributed by atoms with van der Waals surface area (Å²) in [5.74, 6) is 1.58. The first kappa shape index (κ1) is 7.17. The number of hydrogen-bond acceptors (Lipinski definition) is 1. The van der Waals surface area contributed by atoms with Crippen LogP contribution in [0.3, 0.4) is 0 Å². The van der Waals surface area contributed by atoms with Crippen molar-refractivity contribution in [2.75, 3.05) is 0 Å². The lowest BCUT2D eigenvalue weighted by atomic mass is 10.4. The van der Waals surface area contributed by atoms with Gasteiger partial charge in [0, 0.05) is 11.1 Å². The monoisotopic (exact) mass is 150 g/mol. The van der Waals surface area contributed by atoms with Crippen LogP contribution in [0.25, 0.3) is 0 Å². The molecule has 0 radical (unpaired) electrons. The molecule has 1 aromatic rings. The molecule has 0 amide bonds. The van der Waals surface area contributed by atoms with Gasteiger partial charge in [-0.05, 0) is 0 Å². The average Bonchev–Trinajstić information content (AvgIpc) is 2.03. The van der Waals surface area contributed by atoms with Gasteiger partial charge < -0.3 is 0 Å². The molecule has 1 aromatic carbocycles. The Hall–Kier alpha value is -0.940. The summed E-state index contributed by atoms with van der Waals surface area (Å²) in [6, 6.07) is 9.85. The Morgan fingerprint density at radius 2 is 1.90 bits per heavy atom. The van der Waals surface area contributed by atoms with Crippen molar-refractivity contribution in [2.24, 2.45) is 0 Å². The highest BCUT2D eigenvalue weighted by Gasteiger charge is 1.79. The Balaban J connectivity index is 2.76. The summed E-state index contributed by atoms with van der Waals surface area (Å²) in [6.45, 7) is 0. The summed E-state index contributed by atoms with van der Waals surface area (Å²) in [4.78, 5) is 9.92. The minimum Gasteiger partial charge on any atom is -0.298 e. The van der Waals surface area contributed by atoms with Crippen LogP contribution in [0.2, 0.25) is 0 Å². The molecule has 0 aromatic heterocycles. The zero-order valence-corrected chi connectivity index (χ0v) is 6.29. The first-order valence-corrected chi connectivity index (χ1v) is 3.93. The van der Waals surface area contributed by atoms with Crippen molar-refractivity contribution < 1.29 is 4.79 Å². The van der Waals surface area contributed by atoms with Crippen LogP contribution in [0.4, 0.5) is 0 Å². The summed E-state index contributed by atoms with van der Waals surface area (Å²) in [5.41, 5.74) is 0. The Morgan fingerprint density at radius 3 is 2.50 bits per heavy atom. The van der Waals surface area contributed by atoms with Crippen molar-refractivity contribution in [3.05, 3.63) is 30.3 Å². The fraction of sp³-hybridized carbons (Fsp3) is 0. The van der Waals surface area contributed by atoms with Crippen LogP contribution in [0.1, 0.15) is 0 Å². The molecule has 2 heteroatoms. The third kappa shape index (κ3) is 2.12. The maximum atomic E-state index is 9.92. The Kier molecular flexibility index (Phi) is 2.85. The van der Waals surface area contributed by atoms with E-state index in [-0.39, 0.29) is 0 Å². The molecule has 0 unspecified atom stereocenters. The van der Waals surface area contributed by atoms with Gasteiger partial charge in [-0.2, -0.15) is 0 Å². The number of hydrogen-bond donors (Lipinski definition) is 0. The maximum Gasteiger partial charge on any atom is 0.147 e. The van der Waals surface area contributed by atoms with Gasteiger partial charge >= 0.3 is 0 Å². The molecular weight excluding hydrogens is 143 g/mol. The molecule has 0 aliphatic heterocycles. The third-order valence-electron chi connectivity index (χ3n) is 1.04. The van der Waals surface area contributed by atoms with Crippen LogP contribution < -0.4 is 5.30 Å². The Morgan fingerprint density at radius 1 is 1.20 bits per heavy atom. The van der Waals surface area contributed by atoms with E-state index in [0.717, 1.165) is 19.8 Å². The second-order valence-electron chi connectivity index (χ2n) is 1.75. The van der Waals surface area contributed by atoms with Crippen LogP contribution in [0.15, 0.2) is 30.3 Å². The molecular formula is C8H7OP. The molecule has 0 saturated heterocycles. The van der Waals surface area contributed by atoms with E-state index in [4.69, 9.17) is 0 Å². The largest absolute Gasteiger partial charge is 0.298 e. The van der Waals surface area contributed by atoms with E-state index in [2.05, 4.69) is 0 Å². The highest BCUT2D eigenvalue weighted by atomic mass is 31.1. The molecule has 0 aliphatic rings. The highest BCUT2D eigenvalue weighted by molar-refractivity contribution is 7.49. The summed E-state index contributed by atoms with van der Waals surface area (Å²) in [6.07, 6.45) is 0.814. The first-order chi connectivity index (χ1) is 4.93. The standard InChI is InChI=1S/C8H7OP/c9-6-7-10-8-4-2-1-3-5-8/h1-7H. The minimum absolute atomic E-state index is 0.814. The lowest BCUT2D eigenvalue weighted by Gasteiger charge is -1.85. The lowest BCUT2D eigenvalue weighted by molar-refractivity contribution is -0.102. The van der Waals surface area contributed by atoms with Gasteiger partial charge in [0.1, 0.15) is 6.29 Å². The van der Waals surface area contributed by atoms with Crippen molar-refractivity contribution in [3.63, 3.8) is 0 Å². The van der Waals surface area contributed by atoms with Gasteiger partial charge in [-0.15, -0.1) is 0 Å². The van der Waals surface area contributed by atoms with Crippen molar-refractivity contribution in [2.45, 2.75) is 0 Å². The third-order valence-corrected chi connectivity index (χ3v) is 1.91. The van der Waals surface area contributed by atoms with Crippen molar-refractivity contribution in [1.29, 1.82) is 0 Å². The van der Waals surface area contributed by atoms with E-state index >= 15 is 0 Å². The van der Waals surface area contributed by atoms with Gasteiger partial charge in [0.15, 0.2) is 0 Å². The van der Waals surface area contributed by atoms with Gasteiger partial charge in [0.25, 0.3) is 0 Å². The SMILES string of the molecule is O=CC=Pc1ccccc1. The van der Waals surface area contributed by atoms with E-state index in [1.165, 1.54) is 0 Å². The number of carbonyl (C=O) groups excluding carboxylic acids is 1. The lowest BCUT2D eigenvalue weighted by Crippen LogP contribution is -1.87. The maximum absolute atomic E-state index is 9.92. The second-order valence-corrected chi connectivity index (χ2v) is 2.82. The predicted octanol–water partition coefficient (Wildman–Crippen LogP) is 1.26. The van der Waals surface area contributed by atoms with Gasteiger partial charge in [-0.25, -0.2) is 0 Å². The molecule has 0 spiro atoms. The number of rotatable bonds is 2.